The minimum Gasteiger partial charge on any atom is -0.431 e. The van der Waals surface area contributed by atoms with Crippen molar-refractivity contribution in [3.63, 3.8) is 0 Å². The largest absolute Gasteiger partial charge is 0.431 e. The minimum absolute atomic E-state index is 0.0705. The minimum atomic E-state index is -4.04. The van der Waals surface area contributed by atoms with E-state index in [9.17, 15) is 18.3 Å². The third-order valence-electron chi connectivity index (χ3n) is 10.8. The number of nitrogens with zero attached hydrogens (tertiary/aromatic N) is 1. The fraction of sp³-hybridized carbons (Fsp3) is 0.200. The molecule has 12 heteroatoms. The van der Waals surface area contributed by atoms with Crippen LogP contribution in [0.25, 0.3) is 22.6 Å². The van der Waals surface area contributed by atoms with E-state index in [-0.39, 0.29) is 36.0 Å². The van der Waals surface area contributed by atoms with Crippen LogP contribution < -0.4 is 10.0 Å². The van der Waals surface area contributed by atoms with Crippen molar-refractivity contribution in [2.75, 3.05) is 11.1 Å². The van der Waals surface area contributed by atoms with Crippen molar-refractivity contribution in [2.24, 2.45) is 5.92 Å². The highest BCUT2D eigenvalue weighted by Gasteiger charge is 2.39. The Morgan fingerprint density at radius 2 is 1.42 bits per heavy atom. The summed E-state index contributed by atoms with van der Waals surface area (Å²) < 4.78 is 49.7. The van der Waals surface area contributed by atoms with Crippen molar-refractivity contribution in [3.8, 4) is 22.6 Å². The molecule has 0 spiro atoms. The van der Waals surface area contributed by atoms with Gasteiger partial charge in [-0.2, -0.15) is 4.72 Å². The monoisotopic (exact) mass is 865 g/mol. The molecule has 3 N–H and O–H groups in total. The molecule has 0 aliphatic carbocycles. The predicted octanol–water partition coefficient (Wildman–Crippen LogP) is 9.92. The molecule has 0 bridgehead atoms. The van der Waals surface area contributed by atoms with Crippen molar-refractivity contribution in [1.29, 1.82) is 0 Å². The number of carbonyl (C=O) groups excluding carboxylic acids is 1. The number of hydrogen-bond acceptors (Lipinski definition) is 9. The molecule has 316 valence electrons. The third-order valence-corrected chi connectivity index (χ3v) is 13.2. The average Bonchev–Trinajstić information content (AvgIpc) is 3.74. The molecule has 8 rings (SSSR count). The Morgan fingerprint density at radius 3 is 2.10 bits per heavy atom. The zero-order chi connectivity index (χ0) is 43.1. The van der Waals surface area contributed by atoms with Gasteiger partial charge in [-0.15, -0.1) is 0 Å². The number of aryl methyl sites for hydroxylation is 1. The van der Waals surface area contributed by atoms with Crippen molar-refractivity contribution in [1.82, 2.24) is 9.71 Å². The molecule has 0 radical (unpaired) electrons. The van der Waals surface area contributed by atoms with Crippen LogP contribution in [0, 0.1) is 12.8 Å². The lowest BCUT2D eigenvalue weighted by atomic mass is 9.91. The first-order valence-corrected chi connectivity index (χ1v) is 22.9. The maximum Gasteiger partial charge on any atom is 0.256 e. The first kappa shape index (κ1) is 42.8. The molecule has 2 heterocycles. The Balaban J connectivity index is 1.05. The third kappa shape index (κ3) is 10.2. The number of aliphatic hydroxyl groups excluding tert-OH is 1. The predicted molar refractivity (Wildman–Crippen MR) is 242 cm³/mol. The molecule has 1 amide bonds. The summed E-state index contributed by atoms with van der Waals surface area (Å²) in [5, 5.41) is 13.2. The Hall–Kier alpha value is -5.86. The molecular weight excluding hydrogens is 819 g/mol. The molecule has 0 saturated carbocycles. The lowest BCUT2D eigenvalue weighted by Crippen LogP contribution is -2.45. The Bertz CT molecular complexity index is 2620. The summed E-state index contributed by atoms with van der Waals surface area (Å²) in [6.45, 7) is 3.90. The molecule has 10 nitrogen and oxygen atoms in total. The van der Waals surface area contributed by atoms with Gasteiger partial charge in [0.1, 0.15) is 11.7 Å². The summed E-state index contributed by atoms with van der Waals surface area (Å²) in [7, 11) is -4.04. The van der Waals surface area contributed by atoms with Crippen molar-refractivity contribution in [3.05, 3.63) is 192 Å². The number of benzene rings is 6. The van der Waals surface area contributed by atoms with Gasteiger partial charge in [0.25, 0.3) is 5.22 Å². The van der Waals surface area contributed by atoms with Crippen LogP contribution in [0.15, 0.2) is 178 Å². The van der Waals surface area contributed by atoms with Gasteiger partial charge in [-0.1, -0.05) is 164 Å². The fourth-order valence-electron chi connectivity index (χ4n) is 7.41. The molecule has 1 saturated heterocycles. The van der Waals surface area contributed by atoms with Crippen LogP contribution in [0.1, 0.15) is 47.1 Å². The molecule has 5 atom stereocenters. The van der Waals surface area contributed by atoms with Crippen LogP contribution in [0.4, 0.5) is 5.69 Å². The van der Waals surface area contributed by atoms with Crippen LogP contribution in [-0.2, 0) is 37.3 Å². The summed E-state index contributed by atoms with van der Waals surface area (Å²) in [6, 6.07) is 49.5. The van der Waals surface area contributed by atoms with Crippen molar-refractivity contribution in [2.45, 2.75) is 61.5 Å². The SMILES string of the molecule is Cc1ccc(S(=O)(=O)N[C@H](Cc2ccccc2)C(=O)Nc2cccc(C3O[C@H](CSc4nc(-c5ccccc5)c(-c5ccccc5)o4)[C@H](C)[C@H](c4ccc(CO)cc4)O3)c2)cc1. The summed E-state index contributed by atoms with van der Waals surface area (Å²) in [5.74, 6) is 0.549. The smallest absolute Gasteiger partial charge is 0.256 e. The maximum atomic E-state index is 14.0. The molecule has 1 aromatic heterocycles. The number of anilines is 1. The first-order valence-electron chi connectivity index (χ1n) is 20.4. The number of hydrogen-bond donors (Lipinski definition) is 3. The van der Waals surface area contributed by atoms with Crippen molar-refractivity contribution >= 4 is 33.4 Å². The molecule has 7 aromatic rings. The molecular formula is C50H47N3O7S2. The number of aromatic nitrogens is 1. The number of nitrogens with one attached hydrogen (secondary N) is 2. The molecule has 1 unspecified atom stereocenters. The van der Waals surface area contributed by atoms with Gasteiger partial charge in [0.15, 0.2) is 12.1 Å². The number of thioether (sulfide) groups is 1. The van der Waals surface area contributed by atoms with E-state index in [1.54, 1.807) is 30.3 Å². The fourth-order valence-corrected chi connectivity index (χ4v) is 9.59. The molecule has 1 aliphatic heterocycles. The van der Waals surface area contributed by atoms with E-state index < -0.39 is 28.3 Å². The summed E-state index contributed by atoms with van der Waals surface area (Å²) in [6.07, 6.45) is -1.43. The van der Waals surface area contributed by atoms with Crippen LogP contribution in [-0.4, -0.2) is 42.3 Å². The number of oxazole rings is 1. The molecule has 62 heavy (non-hydrogen) atoms. The summed E-state index contributed by atoms with van der Waals surface area (Å²) in [5.41, 5.74) is 7.18. The number of ether oxygens (including phenoxy) is 2. The Labute approximate surface area is 366 Å². The molecule has 6 aromatic carbocycles. The molecule has 1 aliphatic rings. The van der Waals surface area contributed by atoms with Gasteiger partial charge in [-0.05, 0) is 54.3 Å². The van der Waals surface area contributed by atoms with E-state index in [0.717, 1.165) is 39.1 Å². The quantitative estimate of drug-likeness (QED) is 0.0860. The standard InChI is InChI=1S/C50H47N3O7S2/c1-33-21-27-42(28-22-33)62(56,57)53-43(29-35-13-6-3-7-14-35)48(55)51-41-20-12-19-40(30-41)49-58-44(34(2)46(59-49)39-25-23-36(31-54)24-26-39)32-61-50-52-45(37-15-8-4-9-16-37)47(60-50)38-17-10-5-11-18-38/h3-28,30,34,43-44,46,49,53-54H,29,31-32H2,1-2H3,(H,51,55)/t34-,43+,44+,46+,49?/m0/s1. The number of aliphatic hydroxyl groups is 1. The van der Waals surface area contributed by atoms with E-state index in [1.165, 1.54) is 23.9 Å². The highest BCUT2D eigenvalue weighted by Crippen LogP contribution is 2.44. The second kappa shape index (κ2) is 19.5. The highest BCUT2D eigenvalue weighted by molar-refractivity contribution is 7.99. The first-order chi connectivity index (χ1) is 30.1. The lowest BCUT2D eigenvalue weighted by Gasteiger charge is -2.41. The lowest BCUT2D eigenvalue weighted by molar-refractivity contribution is -0.268. The zero-order valence-corrected chi connectivity index (χ0v) is 35.9. The zero-order valence-electron chi connectivity index (χ0n) is 34.3. The van der Waals surface area contributed by atoms with E-state index in [4.69, 9.17) is 18.9 Å². The average molecular weight is 866 g/mol. The van der Waals surface area contributed by atoms with Gasteiger partial charge in [-0.3, -0.25) is 4.79 Å². The van der Waals surface area contributed by atoms with Crippen LogP contribution in [0.2, 0.25) is 0 Å². The van der Waals surface area contributed by atoms with Crippen LogP contribution in [0.5, 0.6) is 0 Å². The van der Waals surface area contributed by atoms with E-state index in [2.05, 4.69) is 17.0 Å². The number of carbonyl (C=O) groups is 1. The van der Waals surface area contributed by atoms with Crippen LogP contribution in [0.3, 0.4) is 0 Å². The molecule has 1 fully saturated rings. The van der Waals surface area contributed by atoms with E-state index in [0.29, 0.717) is 28.0 Å². The topological polar surface area (TPSA) is 140 Å². The maximum absolute atomic E-state index is 14.0. The summed E-state index contributed by atoms with van der Waals surface area (Å²) >= 11 is 1.47. The van der Waals surface area contributed by atoms with Crippen molar-refractivity contribution < 1.29 is 32.2 Å². The van der Waals surface area contributed by atoms with Gasteiger partial charge >= 0.3 is 0 Å². The second-order valence-corrected chi connectivity index (χ2v) is 18.0. The number of amides is 1. The number of sulfonamides is 1. The number of rotatable bonds is 15. The second-order valence-electron chi connectivity index (χ2n) is 15.3. The van der Waals surface area contributed by atoms with E-state index in [1.807, 2.05) is 128 Å². The normalized spacial score (nSPS) is 18.2. The van der Waals surface area contributed by atoms with Gasteiger partial charge < -0.3 is 24.3 Å². The highest BCUT2D eigenvalue weighted by atomic mass is 32.2. The van der Waals surface area contributed by atoms with Gasteiger partial charge in [0.2, 0.25) is 15.9 Å². The van der Waals surface area contributed by atoms with Gasteiger partial charge in [0, 0.05) is 34.0 Å². The van der Waals surface area contributed by atoms with E-state index >= 15 is 0 Å². The van der Waals surface area contributed by atoms with Gasteiger partial charge in [-0.25, -0.2) is 13.4 Å². The Kier molecular flexibility index (Phi) is 13.4. The summed E-state index contributed by atoms with van der Waals surface area (Å²) in [4.78, 5) is 19.1. The van der Waals surface area contributed by atoms with Crippen LogP contribution >= 0.6 is 11.8 Å². The Morgan fingerprint density at radius 1 is 0.758 bits per heavy atom. The van der Waals surface area contributed by atoms with Gasteiger partial charge in [0.05, 0.1) is 23.7 Å².